The first-order valence-electron chi connectivity index (χ1n) is 7.86. The molecule has 1 spiro atoms. The lowest BCUT2D eigenvalue weighted by atomic mass is 9.41. The Hall–Kier alpha value is -0.600. The highest BCUT2D eigenvalue weighted by atomic mass is 16.7. The molecular weight excluding hydrogens is 236 g/mol. The molecule has 4 aliphatic rings. The monoisotopic (exact) mass is 260 g/mol. The van der Waals surface area contributed by atoms with E-state index in [1.54, 1.807) is 0 Å². The van der Waals surface area contributed by atoms with Crippen LogP contribution in [0.4, 0.5) is 0 Å². The predicted molar refractivity (Wildman–Crippen MR) is 74.7 cm³/mol. The van der Waals surface area contributed by atoms with Crippen LogP contribution in [0.1, 0.15) is 51.4 Å². The van der Waals surface area contributed by atoms with Crippen molar-refractivity contribution in [1.82, 2.24) is 0 Å². The van der Waals surface area contributed by atoms with E-state index in [9.17, 15) is 0 Å². The zero-order valence-electron chi connectivity index (χ0n) is 11.8. The van der Waals surface area contributed by atoms with Gasteiger partial charge in [-0.2, -0.15) is 0 Å². The normalized spacial score (nSPS) is 44.4. The SMILES string of the molecule is C=C1C(=C)C23CCCCCCC12CCC31OCCO1. The fraction of sp³-hybridized carbons (Fsp3) is 0.765. The Bertz CT molecular complexity index is 446. The van der Waals surface area contributed by atoms with E-state index in [4.69, 9.17) is 9.47 Å². The molecule has 3 saturated carbocycles. The number of ether oxygens (including phenoxy) is 2. The first-order chi connectivity index (χ1) is 9.19. The highest BCUT2D eigenvalue weighted by Gasteiger charge is 2.77. The Morgan fingerprint density at radius 3 is 2.16 bits per heavy atom. The molecule has 0 N–H and O–H groups in total. The van der Waals surface area contributed by atoms with E-state index in [1.807, 2.05) is 0 Å². The van der Waals surface area contributed by atoms with E-state index in [0.717, 1.165) is 19.6 Å². The maximum atomic E-state index is 6.18. The highest BCUT2D eigenvalue weighted by Crippen LogP contribution is 2.79. The van der Waals surface area contributed by atoms with Crippen LogP contribution in [0.2, 0.25) is 0 Å². The fourth-order valence-electron chi connectivity index (χ4n) is 5.67. The molecule has 0 aromatic heterocycles. The molecule has 2 nitrogen and oxygen atoms in total. The predicted octanol–water partition coefficient (Wildman–Crippen LogP) is 3.98. The fourth-order valence-corrected chi connectivity index (χ4v) is 5.67. The summed E-state index contributed by atoms with van der Waals surface area (Å²) < 4.78 is 12.4. The topological polar surface area (TPSA) is 18.5 Å². The van der Waals surface area contributed by atoms with Crippen molar-refractivity contribution in [2.45, 2.75) is 57.2 Å². The van der Waals surface area contributed by atoms with Crippen LogP contribution in [0.25, 0.3) is 0 Å². The second-order valence-electron chi connectivity index (χ2n) is 6.81. The van der Waals surface area contributed by atoms with Crippen LogP contribution in [0.5, 0.6) is 0 Å². The van der Waals surface area contributed by atoms with E-state index in [0.29, 0.717) is 0 Å². The van der Waals surface area contributed by atoms with E-state index in [-0.39, 0.29) is 16.6 Å². The molecule has 2 unspecified atom stereocenters. The minimum Gasteiger partial charge on any atom is -0.347 e. The summed E-state index contributed by atoms with van der Waals surface area (Å²) in [5, 5.41) is 0. The van der Waals surface area contributed by atoms with Crippen molar-refractivity contribution in [3.63, 3.8) is 0 Å². The number of hydrogen-bond acceptors (Lipinski definition) is 2. The maximum absolute atomic E-state index is 6.18. The number of rotatable bonds is 0. The molecule has 0 amide bonds. The van der Waals surface area contributed by atoms with Gasteiger partial charge in [0.2, 0.25) is 0 Å². The Morgan fingerprint density at radius 1 is 0.737 bits per heavy atom. The van der Waals surface area contributed by atoms with Crippen LogP contribution in [0.15, 0.2) is 24.3 Å². The summed E-state index contributed by atoms with van der Waals surface area (Å²) in [7, 11) is 0. The van der Waals surface area contributed by atoms with Crippen molar-refractivity contribution < 1.29 is 9.47 Å². The van der Waals surface area contributed by atoms with E-state index >= 15 is 0 Å². The summed E-state index contributed by atoms with van der Waals surface area (Å²) in [6.45, 7) is 10.3. The third kappa shape index (κ3) is 1.13. The summed E-state index contributed by atoms with van der Waals surface area (Å²) in [6, 6.07) is 0. The van der Waals surface area contributed by atoms with Gasteiger partial charge in [0.15, 0.2) is 5.79 Å². The summed E-state index contributed by atoms with van der Waals surface area (Å²) in [5.41, 5.74) is 2.85. The van der Waals surface area contributed by atoms with Crippen LogP contribution >= 0.6 is 0 Å². The van der Waals surface area contributed by atoms with Gasteiger partial charge in [0.1, 0.15) is 0 Å². The van der Waals surface area contributed by atoms with Gasteiger partial charge in [-0.15, -0.1) is 0 Å². The molecule has 1 heterocycles. The van der Waals surface area contributed by atoms with Gasteiger partial charge in [-0.25, -0.2) is 0 Å². The van der Waals surface area contributed by atoms with Crippen molar-refractivity contribution in [3.8, 4) is 0 Å². The third-order valence-corrected chi connectivity index (χ3v) is 6.46. The zero-order valence-corrected chi connectivity index (χ0v) is 11.8. The molecule has 3 aliphatic carbocycles. The van der Waals surface area contributed by atoms with Gasteiger partial charge in [0.05, 0.1) is 18.6 Å². The summed E-state index contributed by atoms with van der Waals surface area (Å²) in [4.78, 5) is 0. The van der Waals surface area contributed by atoms with E-state index < -0.39 is 0 Å². The minimum absolute atomic E-state index is 0.0496. The van der Waals surface area contributed by atoms with Crippen LogP contribution < -0.4 is 0 Å². The lowest BCUT2D eigenvalue weighted by molar-refractivity contribution is -0.241. The zero-order chi connectivity index (χ0) is 13.1. The molecule has 0 aromatic rings. The standard InChI is InChI=1S/C17H24O2/c1-13-14(2)16-8-6-4-3-5-7-15(13,16)9-10-17(16)18-11-12-19-17/h1-12H2. The van der Waals surface area contributed by atoms with Gasteiger partial charge in [0.25, 0.3) is 0 Å². The van der Waals surface area contributed by atoms with Crippen molar-refractivity contribution in [3.05, 3.63) is 24.3 Å². The molecule has 0 bridgehead atoms. The Kier molecular flexibility index (Phi) is 2.39. The Morgan fingerprint density at radius 2 is 1.42 bits per heavy atom. The van der Waals surface area contributed by atoms with Crippen molar-refractivity contribution in [1.29, 1.82) is 0 Å². The summed E-state index contributed by atoms with van der Waals surface area (Å²) >= 11 is 0. The summed E-state index contributed by atoms with van der Waals surface area (Å²) in [6.07, 6.45) is 9.98. The van der Waals surface area contributed by atoms with E-state index in [1.165, 1.54) is 56.1 Å². The molecule has 4 fully saturated rings. The quantitative estimate of drug-likeness (QED) is 0.656. The first kappa shape index (κ1) is 12.2. The molecule has 2 atom stereocenters. The van der Waals surface area contributed by atoms with Crippen LogP contribution in [-0.2, 0) is 9.47 Å². The van der Waals surface area contributed by atoms with Gasteiger partial charge >= 0.3 is 0 Å². The van der Waals surface area contributed by atoms with E-state index in [2.05, 4.69) is 13.2 Å². The molecule has 1 aliphatic heterocycles. The minimum atomic E-state index is -0.359. The van der Waals surface area contributed by atoms with Crippen LogP contribution in [0.3, 0.4) is 0 Å². The van der Waals surface area contributed by atoms with Gasteiger partial charge in [-0.1, -0.05) is 38.8 Å². The third-order valence-electron chi connectivity index (χ3n) is 6.46. The lowest BCUT2D eigenvalue weighted by Crippen LogP contribution is -2.62. The average molecular weight is 260 g/mol. The number of allylic oxidation sites excluding steroid dienone is 1. The highest BCUT2D eigenvalue weighted by molar-refractivity contribution is 5.57. The van der Waals surface area contributed by atoms with Crippen LogP contribution in [0, 0.1) is 10.8 Å². The van der Waals surface area contributed by atoms with Crippen molar-refractivity contribution in [2.75, 3.05) is 13.2 Å². The lowest BCUT2D eigenvalue weighted by Gasteiger charge is -2.64. The van der Waals surface area contributed by atoms with Crippen molar-refractivity contribution in [2.24, 2.45) is 10.8 Å². The Labute approximate surface area is 115 Å². The molecule has 1 saturated heterocycles. The molecule has 19 heavy (non-hydrogen) atoms. The smallest absolute Gasteiger partial charge is 0.178 e. The second-order valence-corrected chi connectivity index (χ2v) is 6.81. The second kappa shape index (κ2) is 3.73. The molecule has 4 rings (SSSR count). The Balaban J connectivity index is 1.84. The molecular formula is C17H24O2. The average Bonchev–Trinajstić information content (AvgIpc) is 2.95. The summed E-state index contributed by atoms with van der Waals surface area (Å²) in [5.74, 6) is -0.359. The van der Waals surface area contributed by atoms with Gasteiger partial charge in [-0.3, -0.25) is 0 Å². The number of hydrogen-bond donors (Lipinski definition) is 0. The largest absolute Gasteiger partial charge is 0.347 e. The molecule has 0 aromatic carbocycles. The molecule has 0 radical (unpaired) electrons. The van der Waals surface area contributed by atoms with Gasteiger partial charge in [0, 0.05) is 11.8 Å². The van der Waals surface area contributed by atoms with Gasteiger partial charge < -0.3 is 9.47 Å². The molecule has 104 valence electrons. The van der Waals surface area contributed by atoms with Gasteiger partial charge in [-0.05, 0) is 30.4 Å². The maximum Gasteiger partial charge on any atom is 0.178 e. The van der Waals surface area contributed by atoms with Crippen molar-refractivity contribution >= 4 is 0 Å². The van der Waals surface area contributed by atoms with Crippen LogP contribution in [-0.4, -0.2) is 19.0 Å². The first-order valence-corrected chi connectivity index (χ1v) is 7.86. The molecule has 2 heteroatoms.